The van der Waals surface area contributed by atoms with Gasteiger partial charge in [0.25, 0.3) is 0 Å². The number of alkyl halides is 3. The van der Waals surface area contributed by atoms with E-state index in [-0.39, 0.29) is 0 Å². The van der Waals surface area contributed by atoms with Crippen molar-refractivity contribution in [3.8, 4) is 0 Å². The van der Waals surface area contributed by atoms with E-state index in [1.54, 1.807) is 0 Å². The predicted octanol–water partition coefficient (Wildman–Crippen LogP) is 1.94. The Morgan fingerprint density at radius 2 is 2.19 bits per heavy atom. The minimum Gasteiger partial charge on any atom is -0.353 e. The van der Waals surface area contributed by atoms with Crippen molar-refractivity contribution in [3.05, 3.63) is 24.2 Å². The van der Waals surface area contributed by atoms with Crippen molar-refractivity contribution in [2.45, 2.75) is 25.1 Å². The maximum atomic E-state index is 12.8. The van der Waals surface area contributed by atoms with E-state index < -0.39 is 11.9 Å². The van der Waals surface area contributed by atoms with Crippen LogP contribution in [0, 0.1) is 0 Å². The zero-order valence-electron chi connectivity index (χ0n) is 11.6. The molecule has 1 aliphatic heterocycles. The Balaban J connectivity index is 2.00. The largest absolute Gasteiger partial charge is 0.435 e. The van der Waals surface area contributed by atoms with E-state index in [2.05, 4.69) is 15.4 Å². The van der Waals surface area contributed by atoms with Crippen LogP contribution in [0.5, 0.6) is 0 Å². The molecule has 3 rings (SSSR count). The topological polar surface area (TPSA) is 45.5 Å². The van der Waals surface area contributed by atoms with E-state index in [9.17, 15) is 13.2 Å². The van der Waals surface area contributed by atoms with Gasteiger partial charge >= 0.3 is 6.18 Å². The van der Waals surface area contributed by atoms with Gasteiger partial charge in [-0.3, -0.25) is 0 Å². The average molecular weight is 299 g/mol. The van der Waals surface area contributed by atoms with Gasteiger partial charge in [0, 0.05) is 37.6 Å². The summed E-state index contributed by atoms with van der Waals surface area (Å²) < 4.78 is 39.6. The molecule has 1 saturated heterocycles. The molecule has 3 heterocycles. The molecule has 1 unspecified atom stereocenters. The highest BCUT2D eigenvalue weighted by Gasteiger charge is 2.35. The monoisotopic (exact) mass is 299 g/mol. The zero-order valence-corrected chi connectivity index (χ0v) is 11.6. The Morgan fingerprint density at radius 3 is 2.90 bits per heavy atom. The van der Waals surface area contributed by atoms with Gasteiger partial charge in [-0.25, -0.2) is 9.50 Å². The van der Waals surface area contributed by atoms with Crippen LogP contribution in [-0.4, -0.2) is 40.8 Å². The molecular weight excluding hydrogens is 283 g/mol. The summed E-state index contributed by atoms with van der Waals surface area (Å²) >= 11 is 0. The molecule has 1 N–H and O–H groups in total. The highest BCUT2D eigenvalue weighted by Crippen LogP contribution is 2.31. The lowest BCUT2D eigenvalue weighted by Crippen LogP contribution is -2.44. The maximum Gasteiger partial charge on any atom is 0.435 e. The molecule has 8 heteroatoms. The molecule has 0 saturated carbocycles. The Hall–Kier alpha value is -1.83. The van der Waals surface area contributed by atoms with Crippen molar-refractivity contribution in [2.75, 3.05) is 25.0 Å². The molecule has 1 fully saturated rings. The van der Waals surface area contributed by atoms with Crippen LogP contribution < -0.4 is 10.2 Å². The minimum absolute atomic E-state index is 0.325. The summed E-state index contributed by atoms with van der Waals surface area (Å²) in [5.41, 5.74) is -0.500. The number of anilines is 1. The fourth-order valence-electron chi connectivity index (χ4n) is 2.70. The van der Waals surface area contributed by atoms with Gasteiger partial charge in [0.2, 0.25) is 0 Å². The number of rotatable bonds is 2. The predicted molar refractivity (Wildman–Crippen MR) is 72.3 cm³/mol. The summed E-state index contributed by atoms with van der Waals surface area (Å²) in [6, 6.07) is 1.39. The first-order valence-electron chi connectivity index (χ1n) is 6.83. The van der Waals surface area contributed by atoms with Gasteiger partial charge in [-0.1, -0.05) is 0 Å². The lowest BCUT2D eigenvalue weighted by atomic mass is 10.1. The van der Waals surface area contributed by atoms with Gasteiger partial charge in [-0.2, -0.15) is 18.3 Å². The van der Waals surface area contributed by atoms with E-state index in [1.165, 1.54) is 16.9 Å². The molecule has 0 aliphatic carbocycles. The normalized spacial score (nSPS) is 20.2. The number of likely N-dealkylation sites (N-methyl/N-ethyl adjacent to an activating group) is 1. The average Bonchev–Trinajstić information content (AvgIpc) is 2.91. The van der Waals surface area contributed by atoms with Crippen LogP contribution in [0.1, 0.15) is 18.5 Å². The molecule has 114 valence electrons. The Labute approximate surface area is 119 Å². The quantitative estimate of drug-likeness (QED) is 0.920. The standard InChI is InChI=1S/C13H16F3N5/c1-17-9-3-2-5-20(8-9)12-10-7-11(13(14,15)16)19-21(10)6-4-18-12/h4,6-7,9,17H,2-3,5,8H2,1H3. The van der Waals surface area contributed by atoms with Crippen LogP contribution in [0.2, 0.25) is 0 Å². The number of hydrogen-bond acceptors (Lipinski definition) is 4. The lowest BCUT2D eigenvalue weighted by Gasteiger charge is -2.33. The van der Waals surface area contributed by atoms with Crippen molar-refractivity contribution in [3.63, 3.8) is 0 Å². The van der Waals surface area contributed by atoms with Crippen LogP contribution in [-0.2, 0) is 6.18 Å². The third-order valence-electron chi connectivity index (χ3n) is 3.79. The molecule has 1 atom stereocenters. The lowest BCUT2D eigenvalue weighted by molar-refractivity contribution is -0.141. The first kappa shape index (κ1) is 14.1. The number of fused-ring (bicyclic) bond motifs is 1. The number of halogens is 3. The van der Waals surface area contributed by atoms with Crippen molar-refractivity contribution in [1.29, 1.82) is 0 Å². The number of nitrogens with zero attached hydrogens (tertiary/aromatic N) is 4. The van der Waals surface area contributed by atoms with E-state index in [1.807, 2.05) is 11.9 Å². The second kappa shape index (κ2) is 5.18. The molecule has 21 heavy (non-hydrogen) atoms. The van der Waals surface area contributed by atoms with E-state index in [4.69, 9.17) is 0 Å². The summed E-state index contributed by atoms with van der Waals surface area (Å²) in [6.45, 7) is 1.52. The SMILES string of the molecule is CNC1CCCN(c2nccn3nc(C(F)(F)F)cc23)C1. The van der Waals surface area contributed by atoms with Gasteiger partial charge in [-0.05, 0) is 19.9 Å². The first-order valence-corrected chi connectivity index (χ1v) is 6.83. The van der Waals surface area contributed by atoms with E-state index >= 15 is 0 Å². The molecule has 0 radical (unpaired) electrons. The molecule has 0 amide bonds. The third-order valence-corrected chi connectivity index (χ3v) is 3.79. The van der Waals surface area contributed by atoms with Crippen LogP contribution in [0.25, 0.3) is 5.52 Å². The molecular formula is C13H16F3N5. The highest BCUT2D eigenvalue weighted by atomic mass is 19.4. The third kappa shape index (κ3) is 2.67. The van der Waals surface area contributed by atoms with Crippen LogP contribution in [0.4, 0.5) is 19.0 Å². The fraction of sp³-hybridized carbons (Fsp3) is 0.538. The molecule has 5 nitrogen and oxygen atoms in total. The highest BCUT2D eigenvalue weighted by molar-refractivity contribution is 5.69. The summed E-state index contributed by atoms with van der Waals surface area (Å²) in [5.74, 6) is 0.556. The van der Waals surface area contributed by atoms with Crippen LogP contribution in [0.3, 0.4) is 0 Å². The molecule has 0 aromatic carbocycles. The number of aromatic nitrogens is 3. The zero-order chi connectivity index (χ0) is 15.0. The fourth-order valence-corrected chi connectivity index (χ4v) is 2.70. The van der Waals surface area contributed by atoms with Gasteiger partial charge in [0.05, 0.1) is 0 Å². The molecule has 2 aromatic heterocycles. The molecule has 2 aromatic rings. The smallest absolute Gasteiger partial charge is 0.353 e. The Morgan fingerprint density at radius 1 is 1.38 bits per heavy atom. The first-order chi connectivity index (χ1) is 9.99. The van der Waals surface area contributed by atoms with Crippen molar-refractivity contribution < 1.29 is 13.2 Å². The van der Waals surface area contributed by atoms with Crippen molar-refractivity contribution >= 4 is 11.3 Å². The van der Waals surface area contributed by atoms with Gasteiger partial charge in [0.1, 0.15) is 5.52 Å². The molecule has 0 spiro atoms. The van der Waals surface area contributed by atoms with Gasteiger partial charge in [0.15, 0.2) is 11.5 Å². The van der Waals surface area contributed by atoms with E-state index in [0.717, 1.165) is 32.0 Å². The van der Waals surface area contributed by atoms with E-state index in [0.29, 0.717) is 17.4 Å². The summed E-state index contributed by atoms with van der Waals surface area (Å²) in [6.07, 6.45) is 0.516. The van der Waals surface area contributed by atoms with Crippen LogP contribution >= 0.6 is 0 Å². The summed E-state index contributed by atoms with van der Waals surface area (Å²) in [5, 5.41) is 6.80. The number of piperidine rings is 1. The molecule has 0 bridgehead atoms. The Kier molecular flexibility index (Phi) is 3.48. The number of nitrogens with one attached hydrogen (secondary N) is 1. The second-order valence-electron chi connectivity index (χ2n) is 5.18. The number of hydrogen-bond donors (Lipinski definition) is 1. The van der Waals surface area contributed by atoms with Gasteiger partial charge in [-0.15, -0.1) is 0 Å². The van der Waals surface area contributed by atoms with Gasteiger partial charge < -0.3 is 10.2 Å². The maximum absolute atomic E-state index is 12.8. The van der Waals surface area contributed by atoms with Crippen molar-refractivity contribution in [2.24, 2.45) is 0 Å². The van der Waals surface area contributed by atoms with Crippen LogP contribution in [0.15, 0.2) is 18.5 Å². The second-order valence-corrected chi connectivity index (χ2v) is 5.18. The summed E-state index contributed by atoms with van der Waals surface area (Å²) in [4.78, 5) is 6.28. The van der Waals surface area contributed by atoms with Crippen molar-refractivity contribution in [1.82, 2.24) is 19.9 Å². The summed E-state index contributed by atoms with van der Waals surface area (Å²) in [7, 11) is 1.89. The Bertz CT molecular complexity index is 636. The molecule has 1 aliphatic rings. The minimum atomic E-state index is -4.45.